The molecule has 0 heterocycles. The number of nitrogens with zero attached hydrogens (tertiary/aromatic N) is 2. The number of phenolic OH excluding ortho intramolecular Hbond substituents is 1. The SMILES string of the molecule is O=S(=O)(O)c1ccc([O-])c(N=Nc2ccc(O)cc2[O-])c1.[Cu+2]. The molecule has 0 aliphatic heterocycles. The van der Waals surface area contributed by atoms with Crippen molar-refractivity contribution < 1.29 is 45.4 Å². The third kappa shape index (κ3) is 4.18. The Morgan fingerprint density at radius 1 is 0.909 bits per heavy atom. The Balaban J connectivity index is 0.00000242. The molecule has 0 aromatic heterocycles. The molecule has 0 aliphatic rings. The molecule has 0 bridgehead atoms. The summed E-state index contributed by atoms with van der Waals surface area (Å²) in [5, 5.41) is 39.1. The Morgan fingerprint density at radius 2 is 1.55 bits per heavy atom. The van der Waals surface area contributed by atoms with Gasteiger partial charge < -0.3 is 15.3 Å². The minimum absolute atomic E-state index is 0. The van der Waals surface area contributed by atoms with E-state index in [1.165, 1.54) is 12.1 Å². The maximum absolute atomic E-state index is 11.5. The Bertz CT molecular complexity index is 822. The van der Waals surface area contributed by atoms with Crippen molar-refractivity contribution in [2.45, 2.75) is 4.90 Å². The number of hydrogen-bond donors (Lipinski definition) is 2. The molecule has 2 aromatic carbocycles. The largest absolute Gasteiger partial charge is 2.00 e. The molecule has 1 radical (unpaired) electrons. The van der Waals surface area contributed by atoms with Crippen LogP contribution in [0, 0.1) is 0 Å². The molecular weight excluding hydrogens is 364 g/mol. The zero-order chi connectivity index (χ0) is 15.6. The van der Waals surface area contributed by atoms with E-state index in [9.17, 15) is 18.6 Å². The number of hydrogen-bond acceptors (Lipinski definition) is 7. The van der Waals surface area contributed by atoms with Crippen LogP contribution in [0.3, 0.4) is 0 Å². The summed E-state index contributed by atoms with van der Waals surface area (Å²) in [5.41, 5.74) is -0.484. The monoisotopic (exact) mass is 371 g/mol. The Labute approximate surface area is 136 Å². The van der Waals surface area contributed by atoms with Crippen molar-refractivity contribution in [3.63, 3.8) is 0 Å². The van der Waals surface area contributed by atoms with Crippen molar-refractivity contribution in [2.75, 3.05) is 0 Å². The van der Waals surface area contributed by atoms with E-state index in [1.54, 1.807) is 0 Å². The van der Waals surface area contributed by atoms with Gasteiger partial charge in [-0.2, -0.15) is 18.6 Å². The van der Waals surface area contributed by atoms with E-state index >= 15 is 0 Å². The quantitative estimate of drug-likeness (QED) is 0.471. The van der Waals surface area contributed by atoms with Crippen molar-refractivity contribution in [3.8, 4) is 17.2 Å². The zero-order valence-electron chi connectivity index (χ0n) is 10.6. The van der Waals surface area contributed by atoms with E-state index in [0.29, 0.717) is 0 Å². The summed E-state index contributed by atoms with van der Waals surface area (Å²) < 4.78 is 30.8. The van der Waals surface area contributed by atoms with Crippen molar-refractivity contribution in [1.29, 1.82) is 0 Å². The topological polar surface area (TPSA) is 145 Å². The van der Waals surface area contributed by atoms with Crippen LogP contribution in [0.4, 0.5) is 11.4 Å². The summed E-state index contributed by atoms with van der Waals surface area (Å²) in [6.07, 6.45) is 0. The van der Waals surface area contributed by atoms with Gasteiger partial charge in [0.2, 0.25) is 0 Å². The van der Waals surface area contributed by atoms with Gasteiger partial charge in [-0.15, -0.1) is 0 Å². The van der Waals surface area contributed by atoms with Gasteiger partial charge in [0.1, 0.15) is 5.75 Å². The molecule has 2 rings (SSSR count). The molecule has 10 heteroatoms. The predicted octanol–water partition coefficient (Wildman–Crippen LogP) is 1.20. The van der Waals surface area contributed by atoms with Gasteiger partial charge in [-0.05, 0) is 30.3 Å². The molecule has 8 nitrogen and oxygen atoms in total. The molecule has 0 aliphatic carbocycles. The summed E-state index contributed by atoms with van der Waals surface area (Å²) in [6.45, 7) is 0. The van der Waals surface area contributed by atoms with Gasteiger partial charge in [0.25, 0.3) is 10.1 Å². The molecule has 0 fully saturated rings. The smallest absolute Gasteiger partial charge is 0.871 e. The summed E-state index contributed by atoms with van der Waals surface area (Å²) >= 11 is 0. The molecule has 0 spiro atoms. The molecule has 22 heavy (non-hydrogen) atoms. The van der Waals surface area contributed by atoms with Crippen LogP contribution in [-0.2, 0) is 27.2 Å². The number of aromatic hydroxyl groups is 1. The van der Waals surface area contributed by atoms with Crippen LogP contribution in [-0.4, -0.2) is 18.1 Å². The van der Waals surface area contributed by atoms with Crippen LogP contribution in [0.1, 0.15) is 0 Å². The zero-order valence-corrected chi connectivity index (χ0v) is 12.4. The molecular formula is C12H8CuN2O6S. The third-order valence-electron chi connectivity index (χ3n) is 2.44. The minimum Gasteiger partial charge on any atom is -0.871 e. The average Bonchev–Trinajstić information content (AvgIpc) is 2.38. The first-order valence-corrected chi connectivity index (χ1v) is 6.92. The summed E-state index contributed by atoms with van der Waals surface area (Å²) in [6, 6.07) is 6.00. The van der Waals surface area contributed by atoms with Crippen molar-refractivity contribution in [3.05, 3.63) is 36.4 Å². The predicted molar refractivity (Wildman–Crippen MR) is 67.4 cm³/mol. The van der Waals surface area contributed by atoms with Crippen LogP contribution < -0.4 is 10.2 Å². The van der Waals surface area contributed by atoms with Gasteiger partial charge >= 0.3 is 17.1 Å². The van der Waals surface area contributed by atoms with E-state index < -0.39 is 26.5 Å². The van der Waals surface area contributed by atoms with E-state index in [4.69, 9.17) is 9.66 Å². The van der Waals surface area contributed by atoms with Crippen LogP contribution in [0.5, 0.6) is 17.2 Å². The second-order valence-electron chi connectivity index (χ2n) is 3.96. The number of phenols is 1. The first-order valence-electron chi connectivity index (χ1n) is 5.48. The normalized spacial score (nSPS) is 11.3. The fraction of sp³-hybridized carbons (Fsp3) is 0. The molecule has 0 saturated heterocycles. The summed E-state index contributed by atoms with van der Waals surface area (Å²) in [4.78, 5) is -0.510. The fourth-order valence-electron chi connectivity index (χ4n) is 1.43. The van der Waals surface area contributed by atoms with Gasteiger partial charge in [-0.1, -0.05) is 17.6 Å². The van der Waals surface area contributed by atoms with Crippen molar-refractivity contribution >= 4 is 21.5 Å². The molecule has 2 N–H and O–H groups in total. The second kappa shape index (κ2) is 6.75. The van der Waals surface area contributed by atoms with Gasteiger partial charge in [0.15, 0.2) is 0 Å². The van der Waals surface area contributed by atoms with E-state index in [0.717, 1.165) is 24.3 Å². The third-order valence-corrected chi connectivity index (χ3v) is 3.29. The van der Waals surface area contributed by atoms with Crippen LogP contribution in [0.2, 0.25) is 0 Å². The van der Waals surface area contributed by atoms with Crippen LogP contribution in [0.25, 0.3) is 0 Å². The minimum atomic E-state index is -4.47. The van der Waals surface area contributed by atoms with Crippen molar-refractivity contribution in [1.82, 2.24) is 0 Å². The molecule has 0 amide bonds. The van der Waals surface area contributed by atoms with Crippen LogP contribution >= 0.6 is 0 Å². The molecule has 0 saturated carbocycles. The first kappa shape index (κ1) is 17.9. The van der Waals surface area contributed by atoms with Gasteiger partial charge in [0.05, 0.1) is 16.3 Å². The Morgan fingerprint density at radius 3 is 2.14 bits per heavy atom. The summed E-state index contributed by atoms with van der Waals surface area (Å²) in [7, 11) is -4.47. The average molecular weight is 372 g/mol. The molecule has 119 valence electrons. The van der Waals surface area contributed by atoms with Gasteiger partial charge in [-0.3, -0.25) is 4.55 Å². The molecule has 0 atom stereocenters. The second-order valence-corrected chi connectivity index (χ2v) is 5.38. The number of benzene rings is 2. The molecule has 2 aromatic rings. The van der Waals surface area contributed by atoms with Crippen LogP contribution in [0.15, 0.2) is 51.5 Å². The Kier molecular flexibility index (Phi) is 5.50. The van der Waals surface area contributed by atoms with Gasteiger partial charge in [-0.25, -0.2) is 0 Å². The van der Waals surface area contributed by atoms with Gasteiger partial charge in [0, 0.05) is 0 Å². The first-order chi connectivity index (χ1) is 9.77. The standard InChI is InChI=1S/C12H10N2O6S.Cu/c15-7-1-3-9(12(17)5-7)13-14-10-6-8(21(18,19)20)2-4-11(10)16;/h1-6,15-17H,(H,18,19,20);/q;+2/p-2. The van der Waals surface area contributed by atoms with E-state index in [2.05, 4.69) is 10.2 Å². The molecule has 0 unspecified atom stereocenters. The maximum Gasteiger partial charge on any atom is 2.00 e. The number of rotatable bonds is 3. The van der Waals surface area contributed by atoms with Crippen molar-refractivity contribution in [2.24, 2.45) is 10.2 Å². The summed E-state index contributed by atoms with van der Waals surface area (Å²) in [5.74, 6) is -1.48. The van der Waals surface area contributed by atoms with E-state index in [1.807, 2.05) is 0 Å². The Hall–Kier alpha value is -2.13. The fourth-order valence-corrected chi connectivity index (χ4v) is 1.93. The number of azo groups is 1. The maximum atomic E-state index is 11.5. The van der Waals surface area contributed by atoms with E-state index in [-0.39, 0.29) is 34.2 Å².